The van der Waals surface area contributed by atoms with Crippen LogP contribution in [0, 0.1) is 18.6 Å². The van der Waals surface area contributed by atoms with Crippen molar-refractivity contribution in [1.29, 1.82) is 0 Å². The van der Waals surface area contributed by atoms with Gasteiger partial charge in [0.05, 0.1) is 6.26 Å². The summed E-state index contributed by atoms with van der Waals surface area (Å²) < 4.78 is 31.0. The van der Waals surface area contributed by atoms with E-state index in [1.807, 2.05) is 13.0 Å². The highest BCUT2D eigenvalue weighted by atomic mass is 79.9. The first-order valence-electron chi connectivity index (χ1n) is 5.20. The minimum absolute atomic E-state index is 0.0334. The largest absolute Gasteiger partial charge is 0.469 e. The molecule has 1 unspecified atom stereocenters. The van der Waals surface area contributed by atoms with Crippen LogP contribution in [0.15, 0.2) is 34.9 Å². The third-order valence-electron chi connectivity index (χ3n) is 2.64. The highest BCUT2D eigenvalue weighted by molar-refractivity contribution is 9.09. The van der Waals surface area contributed by atoms with Gasteiger partial charge in [0, 0.05) is 10.4 Å². The molecule has 2 rings (SSSR count). The lowest BCUT2D eigenvalue weighted by Gasteiger charge is -2.09. The van der Waals surface area contributed by atoms with Gasteiger partial charge in [0.15, 0.2) is 11.6 Å². The quantitative estimate of drug-likeness (QED) is 0.758. The summed E-state index contributed by atoms with van der Waals surface area (Å²) >= 11 is 3.52. The van der Waals surface area contributed by atoms with Crippen molar-refractivity contribution in [2.45, 2.75) is 18.2 Å². The number of hydrogen-bond acceptors (Lipinski definition) is 1. The normalized spacial score (nSPS) is 12.7. The van der Waals surface area contributed by atoms with Crippen LogP contribution in [0.25, 0.3) is 0 Å². The number of aryl methyl sites for hydroxylation is 1. The third kappa shape index (κ3) is 2.75. The molecule has 0 radical (unpaired) electrons. The van der Waals surface area contributed by atoms with Crippen molar-refractivity contribution in [2.75, 3.05) is 0 Å². The molecule has 90 valence electrons. The lowest BCUT2D eigenvalue weighted by molar-refractivity contribution is 0.507. The van der Waals surface area contributed by atoms with Gasteiger partial charge in [-0.1, -0.05) is 22.0 Å². The van der Waals surface area contributed by atoms with Crippen molar-refractivity contribution >= 4 is 15.9 Å². The second-order valence-electron chi connectivity index (χ2n) is 3.85. The Kier molecular flexibility index (Phi) is 3.62. The monoisotopic (exact) mass is 300 g/mol. The van der Waals surface area contributed by atoms with Gasteiger partial charge >= 0.3 is 0 Å². The van der Waals surface area contributed by atoms with Crippen molar-refractivity contribution in [1.82, 2.24) is 0 Å². The van der Waals surface area contributed by atoms with Crippen LogP contribution in [0.3, 0.4) is 0 Å². The second-order valence-corrected chi connectivity index (χ2v) is 4.96. The highest BCUT2D eigenvalue weighted by Crippen LogP contribution is 2.30. The van der Waals surface area contributed by atoms with Gasteiger partial charge in [0.25, 0.3) is 0 Å². The molecule has 2 aromatic rings. The van der Waals surface area contributed by atoms with Gasteiger partial charge in [-0.15, -0.1) is 0 Å². The van der Waals surface area contributed by atoms with Gasteiger partial charge in [0.2, 0.25) is 0 Å². The molecule has 0 aliphatic rings. The lowest BCUT2D eigenvalue weighted by atomic mass is 10.0. The summed E-state index contributed by atoms with van der Waals surface area (Å²) in [5.41, 5.74) is 1.76. The molecular weight excluding hydrogens is 290 g/mol. The minimum Gasteiger partial charge on any atom is -0.469 e. The zero-order valence-electron chi connectivity index (χ0n) is 9.21. The Morgan fingerprint density at radius 1 is 1.24 bits per heavy atom. The summed E-state index contributed by atoms with van der Waals surface area (Å²) in [6.07, 6.45) is 2.20. The van der Waals surface area contributed by atoms with Crippen LogP contribution in [-0.4, -0.2) is 0 Å². The first-order valence-corrected chi connectivity index (χ1v) is 6.11. The molecule has 1 heterocycles. The molecule has 0 fully saturated rings. The number of rotatable bonds is 3. The van der Waals surface area contributed by atoms with Crippen LogP contribution >= 0.6 is 15.9 Å². The van der Waals surface area contributed by atoms with E-state index in [0.29, 0.717) is 6.42 Å². The summed E-state index contributed by atoms with van der Waals surface area (Å²) in [6.45, 7) is 1.87. The Morgan fingerprint density at radius 3 is 2.59 bits per heavy atom. The number of hydrogen-bond donors (Lipinski definition) is 0. The number of alkyl halides is 1. The standard InChI is InChI=1S/C13H11BrF2O/c1-8-10(4-5-17-8)11(14)6-9-2-3-12(15)13(16)7-9/h2-5,7,11H,6H2,1H3. The number of benzene rings is 1. The highest BCUT2D eigenvalue weighted by Gasteiger charge is 2.14. The molecule has 1 atom stereocenters. The van der Waals surface area contributed by atoms with Crippen molar-refractivity contribution in [3.8, 4) is 0 Å². The van der Waals surface area contributed by atoms with Gasteiger partial charge in [-0.05, 0) is 37.1 Å². The zero-order valence-corrected chi connectivity index (χ0v) is 10.8. The SMILES string of the molecule is Cc1occc1C(Br)Cc1ccc(F)c(F)c1. The van der Waals surface area contributed by atoms with Crippen LogP contribution < -0.4 is 0 Å². The molecule has 0 spiro atoms. The van der Waals surface area contributed by atoms with E-state index in [1.165, 1.54) is 6.07 Å². The van der Waals surface area contributed by atoms with Crippen LogP contribution in [0.2, 0.25) is 0 Å². The molecule has 0 saturated heterocycles. The number of furan rings is 1. The molecule has 4 heteroatoms. The molecule has 0 aliphatic carbocycles. The van der Waals surface area contributed by atoms with Gasteiger partial charge in [-0.25, -0.2) is 8.78 Å². The Balaban J connectivity index is 2.16. The zero-order chi connectivity index (χ0) is 12.4. The smallest absolute Gasteiger partial charge is 0.159 e. The average Bonchev–Trinajstić information content (AvgIpc) is 2.70. The van der Waals surface area contributed by atoms with Crippen molar-refractivity contribution in [3.63, 3.8) is 0 Å². The fourth-order valence-electron chi connectivity index (χ4n) is 1.70. The fourth-order valence-corrected chi connectivity index (χ4v) is 2.55. The Hall–Kier alpha value is -1.16. The second kappa shape index (κ2) is 5.00. The van der Waals surface area contributed by atoms with E-state index in [4.69, 9.17) is 4.42 Å². The van der Waals surface area contributed by atoms with E-state index >= 15 is 0 Å². The van der Waals surface area contributed by atoms with Crippen molar-refractivity contribution in [3.05, 3.63) is 59.1 Å². The molecule has 0 aliphatic heterocycles. The van der Waals surface area contributed by atoms with E-state index < -0.39 is 11.6 Å². The van der Waals surface area contributed by atoms with E-state index in [9.17, 15) is 8.78 Å². The van der Waals surface area contributed by atoms with Gasteiger partial charge in [-0.2, -0.15) is 0 Å². The molecular formula is C13H11BrF2O. The van der Waals surface area contributed by atoms with Gasteiger partial charge < -0.3 is 4.42 Å². The van der Waals surface area contributed by atoms with E-state index in [0.717, 1.165) is 23.0 Å². The molecule has 17 heavy (non-hydrogen) atoms. The summed E-state index contributed by atoms with van der Waals surface area (Å²) in [5.74, 6) is -0.806. The van der Waals surface area contributed by atoms with Crippen LogP contribution in [0.4, 0.5) is 8.78 Å². The Bertz CT molecular complexity index is 522. The predicted molar refractivity (Wildman–Crippen MR) is 65.2 cm³/mol. The maximum absolute atomic E-state index is 13.0. The maximum Gasteiger partial charge on any atom is 0.159 e. The summed E-state index contributed by atoms with van der Waals surface area (Å²) in [4.78, 5) is 0.0334. The first-order chi connectivity index (χ1) is 8.08. The summed E-state index contributed by atoms with van der Waals surface area (Å²) in [5, 5.41) is 0. The summed E-state index contributed by atoms with van der Waals surface area (Å²) in [6, 6.07) is 5.82. The fraction of sp³-hybridized carbons (Fsp3) is 0.231. The molecule has 0 N–H and O–H groups in total. The third-order valence-corrected chi connectivity index (χ3v) is 3.45. The van der Waals surface area contributed by atoms with Crippen LogP contribution in [-0.2, 0) is 6.42 Å². The topological polar surface area (TPSA) is 13.1 Å². The van der Waals surface area contributed by atoms with Gasteiger partial charge in [-0.3, -0.25) is 0 Å². The van der Waals surface area contributed by atoms with Crippen molar-refractivity contribution < 1.29 is 13.2 Å². The van der Waals surface area contributed by atoms with Gasteiger partial charge in [0.1, 0.15) is 5.76 Å². The minimum atomic E-state index is -0.820. The first kappa shape index (κ1) is 12.3. The average molecular weight is 301 g/mol. The summed E-state index contributed by atoms with van der Waals surface area (Å²) in [7, 11) is 0. The molecule has 1 nitrogen and oxygen atoms in total. The molecule has 1 aromatic heterocycles. The van der Waals surface area contributed by atoms with Crippen LogP contribution in [0.1, 0.15) is 21.7 Å². The van der Waals surface area contributed by atoms with E-state index in [-0.39, 0.29) is 4.83 Å². The Labute approximate surface area is 107 Å². The van der Waals surface area contributed by atoms with Crippen molar-refractivity contribution in [2.24, 2.45) is 0 Å². The van der Waals surface area contributed by atoms with E-state index in [2.05, 4.69) is 15.9 Å². The predicted octanol–water partition coefficient (Wildman–Crippen LogP) is 4.54. The molecule has 0 amide bonds. The lowest BCUT2D eigenvalue weighted by Crippen LogP contribution is -1.97. The molecule has 0 bridgehead atoms. The van der Waals surface area contributed by atoms with E-state index in [1.54, 1.807) is 12.3 Å². The number of halogens is 3. The molecule has 0 saturated carbocycles. The Morgan fingerprint density at radius 2 is 2.00 bits per heavy atom. The molecule has 1 aromatic carbocycles. The van der Waals surface area contributed by atoms with Crippen LogP contribution in [0.5, 0.6) is 0 Å². The maximum atomic E-state index is 13.0.